The molecule has 0 saturated carbocycles. The molecule has 18 heavy (non-hydrogen) atoms. The lowest BCUT2D eigenvalue weighted by Gasteiger charge is -2.30. The molecule has 0 aromatic rings. The molecule has 106 valence electrons. The highest BCUT2D eigenvalue weighted by atomic mass is 16.5. The van der Waals surface area contributed by atoms with Crippen LogP contribution in [0.4, 0.5) is 0 Å². The molecular formula is C14H28N2O2. The van der Waals surface area contributed by atoms with Gasteiger partial charge in [-0.15, -0.1) is 0 Å². The average molecular weight is 256 g/mol. The number of nitrogens with zero attached hydrogens (tertiary/aromatic N) is 1. The van der Waals surface area contributed by atoms with Crippen molar-refractivity contribution in [1.82, 2.24) is 10.2 Å². The Morgan fingerprint density at radius 3 is 2.83 bits per heavy atom. The highest BCUT2D eigenvalue weighted by Gasteiger charge is 2.19. The molecule has 4 heteroatoms. The van der Waals surface area contributed by atoms with Crippen LogP contribution in [-0.4, -0.2) is 49.7 Å². The maximum Gasteiger partial charge on any atom is 0.224 e. The van der Waals surface area contributed by atoms with Gasteiger partial charge in [0.15, 0.2) is 0 Å². The predicted molar refractivity (Wildman–Crippen MR) is 73.6 cm³/mol. The van der Waals surface area contributed by atoms with E-state index in [2.05, 4.69) is 12.2 Å². The topological polar surface area (TPSA) is 41.6 Å². The van der Waals surface area contributed by atoms with E-state index in [-0.39, 0.29) is 5.91 Å². The van der Waals surface area contributed by atoms with Crippen LogP contribution in [0.1, 0.15) is 46.0 Å². The first-order valence-corrected chi connectivity index (χ1v) is 7.36. The molecule has 1 aliphatic heterocycles. The molecule has 1 heterocycles. The van der Waals surface area contributed by atoms with Crippen LogP contribution in [0, 0.1) is 0 Å². The standard InChI is InChI=1S/C14H28N2O2/c1-3-10-16(14(17)8-11-18-4-2)12-13-7-5-6-9-15-13/h13,15H,3-12H2,1-2H3. The van der Waals surface area contributed by atoms with Crippen LogP contribution in [-0.2, 0) is 9.53 Å². The third kappa shape index (κ3) is 5.83. The first-order valence-electron chi connectivity index (χ1n) is 7.36. The first-order chi connectivity index (χ1) is 8.77. The lowest BCUT2D eigenvalue weighted by Crippen LogP contribution is -2.46. The lowest BCUT2D eigenvalue weighted by molar-refractivity contribution is -0.132. The highest BCUT2D eigenvalue weighted by Crippen LogP contribution is 2.09. The minimum Gasteiger partial charge on any atom is -0.381 e. The van der Waals surface area contributed by atoms with Gasteiger partial charge >= 0.3 is 0 Å². The van der Waals surface area contributed by atoms with Gasteiger partial charge < -0.3 is 15.0 Å². The first kappa shape index (κ1) is 15.4. The van der Waals surface area contributed by atoms with Gasteiger partial charge in [-0.05, 0) is 32.7 Å². The normalized spacial score (nSPS) is 19.8. The van der Waals surface area contributed by atoms with Crippen molar-refractivity contribution in [2.75, 3.05) is 32.8 Å². The molecule has 0 spiro atoms. The molecule has 1 rings (SSSR count). The van der Waals surface area contributed by atoms with E-state index in [1.54, 1.807) is 0 Å². The maximum absolute atomic E-state index is 12.1. The van der Waals surface area contributed by atoms with Crippen molar-refractivity contribution in [2.45, 2.75) is 52.0 Å². The van der Waals surface area contributed by atoms with Gasteiger partial charge in [-0.1, -0.05) is 13.3 Å². The maximum atomic E-state index is 12.1. The molecule has 0 aliphatic carbocycles. The number of ether oxygens (including phenoxy) is 1. The molecular weight excluding hydrogens is 228 g/mol. The van der Waals surface area contributed by atoms with Crippen molar-refractivity contribution in [3.63, 3.8) is 0 Å². The van der Waals surface area contributed by atoms with Crippen LogP contribution in [0.15, 0.2) is 0 Å². The molecule has 0 radical (unpaired) electrons. The zero-order valence-electron chi connectivity index (χ0n) is 11.9. The SMILES string of the molecule is CCCN(CC1CCCCN1)C(=O)CCOCC. The van der Waals surface area contributed by atoms with Crippen molar-refractivity contribution in [3.8, 4) is 0 Å². The monoisotopic (exact) mass is 256 g/mol. The van der Waals surface area contributed by atoms with E-state index >= 15 is 0 Å². The van der Waals surface area contributed by atoms with Gasteiger partial charge in [0, 0.05) is 25.7 Å². The van der Waals surface area contributed by atoms with E-state index in [1.807, 2.05) is 11.8 Å². The van der Waals surface area contributed by atoms with Gasteiger partial charge in [0.05, 0.1) is 13.0 Å². The van der Waals surface area contributed by atoms with Gasteiger partial charge in [-0.3, -0.25) is 4.79 Å². The summed E-state index contributed by atoms with van der Waals surface area (Å²) in [6.45, 7) is 8.13. The van der Waals surface area contributed by atoms with Crippen molar-refractivity contribution in [1.29, 1.82) is 0 Å². The van der Waals surface area contributed by atoms with Crippen LogP contribution in [0.5, 0.6) is 0 Å². The number of nitrogens with one attached hydrogen (secondary N) is 1. The molecule has 1 fully saturated rings. The minimum absolute atomic E-state index is 0.234. The Bertz CT molecular complexity index is 228. The Morgan fingerprint density at radius 2 is 2.22 bits per heavy atom. The van der Waals surface area contributed by atoms with Crippen molar-refractivity contribution < 1.29 is 9.53 Å². The van der Waals surface area contributed by atoms with Crippen LogP contribution in [0.2, 0.25) is 0 Å². The van der Waals surface area contributed by atoms with E-state index < -0.39 is 0 Å². The lowest BCUT2D eigenvalue weighted by atomic mass is 10.0. The summed E-state index contributed by atoms with van der Waals surface area (Å²) < 4.78 is 5.26. The second-order valence-corrected chi connectivity index (χ2v) is 4.93. The van der Waals surface area contributed by atoms with E-state index in [4.69, 9.17) is 4.74 Å². The van der Waals surface area contributed by atoms with Crippen LogP contribution in [0.25, 0.3) is 0 Å². The van der Waals surface area contributed by atoms with E-state index in [1.165, 1.54) is 19.3 Å². The van der Waals surface area contributed by atoms with Gasteiger partial charge in [-0.25, -0.2) is 0 Å². The summed E-state index contributed by atoms with van der Waals surface area (Å²) in [5, 5.41) is 3.50. The second kappa shape index (κ2) is 9.34. The molecule has 1 aliphatic rings. The van der Waals surface area contributed by atoms with Gasteiger partial charge in [0.1, 0.15) is 0 Å². The van der Waals surface area contributed by atoms with Crippen molar-refractivity contribution in [2.24, 2.45) is 0 Å². The number of hydrogen-bond donors (Lipinski definition) is 1. The van der Waals surface area contributed by atoms with Crippen LogP contribution >= 0.6 is 0 Å². The van der Waals surface area contributed by atoms with Crippen molar-refractivity contribution >= 4 is 5.91 Å². The predicted octanol–water partition coefficient (Wildman–Crippen LogP) is 1.79. The van der Waals surface area contributed by atoms with E-state index in [9.17, 15) is 4.79 Å². The Kier molecular flexibility index (Phi) is 8.01. The summed E-state index contributed by atoms with van der Waals surface area (Å²) in [7, 11) is 0. The Balaban J connectivity index is 2.34. The molecule has 1 saturated heterocycles. The van der Waals surface area contributed by atoms with Gasteiger partial charge in [0.2, 0.25) is 5.91 Å². The zero-order chi connectivity index (χ0) is 13.2. The Labute approximate surface area is 111 Å². The fraction of sp³-hybridized carbons (Fsp3) is 0.929. The van der Waals surface area contributed by atoms with E-state index in [0.29, 0.717) is 25.7 Å². The van der Waals surface area contributed by atoms with Gasteiger partial charge in [-0.2, -0.15) is 0 Å². The summed E-state index contributed by atoms with van der Waals surface area (Å²) >= 11 is 0. The Morgan fingerprint density at radius 1 is 1.39 bits per heavy atom. The average Bonchev–Trinajstić information content (AvgIpc) is 2.39. The largest absolute Gasteiger partial charge is 0.381 e. The number of piperidine rings is 1. The number of hydrogen-bond acceptors (Lipinski definition) is 3. The van der Waals surface area contributed by atoms with Crippen molar-refractivity contribution in [3.05, 3.63) is 0 Å². The molecule has 0 aromatic carbocycles. The molecule has 0 bridgehead atoms. The third-order valence-electron chi connectivity index (χ3n) is 3.36. The molecule has 1 N–H and O–H groups in total. The minimum atomic E-state index is 0.234. The summed E-state index contributed by atoms with van der Waals surface area (Å²) in [5.41, 5.74) is 0. The molecule has 4 nitrogen and oxygen atoms in total. The summed E-state index contributed by atoms with van der Waals surface area (Å²) in [6, 6.07) is 0.487. The summed E-state index contributed by atoms with van der Waals surface area (Å²) in [5.74, 6) is 0.234. The number of rotatable bonds is 8. The molecule has 1 atom stereocenters. The zero-order valence-corrected chi connectivity index (χ0v) is 11.9. The quantitative estimate of drug-likeness (QED) is 0.673. The summed E-state index contributed by atoms with van der Waals surface area (Å²) in [6.07, 6.45) is 5.28. The molecule has 1 unspecified atom stereocenters. The Hall–Kier alpha value is -0.610. The number of amides is 1. The number of carbonyl (C=O) groups is 1. The van der Waals surface area contributed by atoms with E-state index in [0.717, 1.165) is 26.1 Å². The smallest absolute Gasteiger partial charge is 0.224 e. The third-order valence-corrected chi connectivity index (χ3v) is 3.36. The molecule has 0 aromatic heterocycles. The number of carbonyl (C=O) groups excluding carboxylic acids is 1. The fourth-order valence-corrected chi connectivity index (χ4v) is 2.40. The molecule has 1 amide bonds. The fourth-order valence-electron chi connectivity index (χ4n) is 2.40. The highest BCUT2D eigenvalue weighted by molar-refractivity contribution is 5.76. The summed E-state index contributed by atoms with van der Waals surface area (Å²) in [4.78, 5) is 14.1. The second-order valence-electron chi connectivity index (χ2n) is 4.93. The van der Waals surface area contributed by atoms with Crippen LogP contribution in [0.3, 0.4) is 0 Å². The van der Waals surface area contributed by atoms with Crippen LogP contribution < -0.4 is 5.32 Å². The van der Waals surface area contributed by atoms with Gasteiger partial charge in [0.25, 0.3) is 0 Å².